The highest BCUT2D eigenvalue weighted by molar-refractivity contribution is 8.04. The Kier molecular flexibility index (Phi) is 4.40. The second-order valence-electron chi connectivity index (χ2n) is 5.50. The Labute approximate surface area is 132 Å². The number of halogens is 1. The van der Waals surface area contributed by atoms with Crippen molar-refractivity contribution in [2.24, 2.45) is 0 Å². The third-order valence-corrected chi connectivity index (χ3v) is 5.06. The molecule has 1 N–H and O–H groups in total. The standard InChI is InChI=1S/C16H18FNO3S/c1-10-15(22-6-5-21-10)16(20)18-9-13(19)8-14(18)11-3-2-4-12(17)7-11/h2-4,7,13-14,19H,5-6,8-9H2,1H3/t13-,14-/m1/s1. The fourth-order valence-corrected chi connectivity index (χ4v) is 3.79. The van der Waals surface area contributed by atoms with Crippen molar-refractivity contribution >= 4 is 17.7 Å². The summed E-state index contributed by atoms with van der Waals surface area (Å²) >= 11 is 1.48. The van der Waals surface area contributed by atoms with Gasteiger partial charge < -0.3 is 14.7 Å². The zero-order valence-electron chi connectivity index (χ0n) is 12.3. The first-order chi connectivity index (χ1) is 10.6. The molecule has 6 heteroatoms. The topological polar surface area (TPSA) is 49.8 Å². The van der Waals surface area contributed by atoms with Gasteiger partial charge in [0.05, 0.1) is 18.8 Å². The highest BCUT2D eigenvalue weighted by Crippen LogP contribution is 2.36. The zero-order chi connectivity index (χ0) is 15.7. The van der Waals surface area contributed by atoms with Gasteiger partial charge >= 0.3 is 0 Å². The summed E-state index contributed by atoms with van der Waals surface area (Å²) in [6.07, 6.45) is -0.166. The number of rotatable bonds is 2. The van der Waals surface area contributed by atoms with Crippen LogP contribution in [0.3, 0.4) is 0 Å². The highest BCUT2D eigenvalue weighted by Gasteiger charge is 2.37. The largest absolute Gasteiger partial charge is 0.496 e. The molecule has 0 aliphatic carbocycles. The summed E-state index contributed by atoms with van der Waals surface area (Å²) in [4.78, 5) is 15.0. The number of aliphatic hydroxyl groups is 1. The lowest BCUT2D eigenvalue weighted by Gasteiger charge is -2.27. The fraction of sp³-hybridized carbons (Fsp3) is 0.438. The number of likely N-dealkylation sites (tertiary alicyclic amines) is 1. The molecule has 1 aromatic rings. The van der Waals surface area contributed by atoms with Crippen LogP contribution in [0.2, 0.25) is 0 Å². The van der Waals surface area contributed by atoms with E-state index in [0.29, 0.717) is 29.3 Å². The lowest BCUT2D eigenvalue weighted by molar-refractivity contribution is -0.127. The predicted molar refractivity (Wildman–Crippen MR) is 82.6 cm³/mol. The molecule has 3 rings (SSSR count). The average molecular weight is 323 g/mol. The molecule has 118 valence electrons. The van der Waals surface area contributed by atoms with Crippen LogP contribution in [-0.4, -0.2) is 40.9 Å². The van der Waals surface area contributed by atoms with Crippen LogP contribution in [0.15, 0.2) is 34.9 Å². The summed E-state index contributed by atoms with van der Waals surface area (Å²) in [5.74, 6) is 0.880. The molecule has 2 aliphatic rings. The Hall–Kier alpha value is -1.53. The number of amides is 1. The number of hydrogen-bond donors (Lipinski definition) is 1. The minimum Gasteiger partial charge on any atom is -0.496 e. The molecule has 1 fully saturated rings. The molecule has 4 nitrogen and oxygen atoms in total. The molecule has 0 saturated carbocycles. The molecule has 22 heavy (non-hydrogen) atoms. The quantitative estimate of drug-likeness (QED) is 0.908. The first kappa shape index (κ1) is 15.4. The molecule has 1 amide bonds. The molecule has 0 bridgehead atoms. The van der Waals surface area contributed by atoms with Gasteiger partial charge in [0.2, 0.25) is 0 Å². The molecule has 0 unspecified atom stereocenters. The Morgan fingerprint density at radius 2 is 2.32 bits per heavy atom. The van der Waals surface area contributed by atoms with E-state index in [2.05, 4.69) is 0 Å². The van der Waals surface area contributed by atoms with Crippen LogP contribution in [0.4, 0.5) is 4.39 Å². The van der Waals surface area contributed by atoms with Crippen LogP contribution in [0, 0.1) is 5.82 Å². The maximum absolute atomic E-state index is 13.5. The van der Waals surface area contributed by atoms with Crippen LogP contribution in [0.25, 0.3) is 0 Å². The predicted octanol–water partition coefficient (Wildman–Crippen LogP) is 2.45. The minimum absolute atomic E-state index is 0.145. The molecule has 2 aliphatic heterocycles. The van der Waals surface area contributed by atoms with Crippen LogP contribution < -0.4 is 0 Å². The zero-order valence-corrected chi connectivity index (χ0v) is 13.1. The first-order valence-electron chi connectivity index (χ1n) is 7.27. The lowest BCUT2D eigenvalue weighted by Crippen LogP contribution is -2.33. The number of carbonyl (C=O) groups is 1. The van der Waals surface area contributed by atoms with Crippen molar-refractivity contribution in [2.75, 3.05) is 18.9 Å². The number of allylic oxidation sites excluding steroid dienone is 1. The first-order valence-corrected chi connectivity index (χ1v) is 8.26. The number of benzene rings is 1. The Balaban J connectivity index is 1.89. The smallest absolute Gasteiger partial charge is 0.264 e. The van der Waals surface area contributed by atoms with Crippen LogP contribution in [0.5, 0.6) is 0 Å². The summed E-state index contributed by atoms with van der Waals surface area (Å²) in [5.41, 5.74) is 0.713. The van der Waals surface area contributed by atoms with Gasteiger partial charge in [-0.2, -0.15) is 0 Å². The summed E-state index contributed by atoms with van der Waals surface area (Å²) in [5, 5.41) is 9.97. The molecule has 2 heterocycles. The van der Waals surface area contributed by atoms with Gasteiger partial charge in [-0.05, 0) is 31.0 Å². The number of carbonyl (C=O) groups excluding carboxylic acids is 1. The number of thioether (sulfide) groups is 1. The van der Waals surface area contributed by atoms with E-state index in [1.165, 1.54) is 23.9 Å². The van der Waals surface area contributed by atoms with E-state index in [-0.39, 0.29) is 24.3 Å². The molecular formula is C16H18FNO3S. The van der Waals surface area contributed by atoms with Gasteiger partial charge in [-0.25, -0.2) is 4.39 Å². The van der Waals surface area contributed by atoms with E-state index >= 15 is 0 Å². The number of ether oxygens (including phenoxy) is 1. The third kappa shape index (κ3) is 2.98. The number of aliphatic hydroxyl groups excluding tert-OH is 1. The third-order valence-electron chi connectivity index (χ3n) is 3.94. The SMILES string of the molecule is CC1=C(C(=O)N2C[C@H](O)C[C@@H]2c2cccc(F)c2)SCCO1. The van der Waals surface area contributed by atoms with Crippen molar-refractivity contribution in [1.29, 1.82) is 0 Å². The molecule has 0 aromatic heterocycles. The van der Waals surface area contributed by atoms with Crippen molar-refractivity contribution in [3.8, 4) is 0 Å². The van der Waals surface area contributed by atoms with Gasteiger partial charge in [0.1, 0.15) is 16.5 Å². The number of hydrogen-bond acceptors (Lipinski definition) is 4. The molecule has 0 spiro atoms. The second-order valence-corrected chi connectivity index (χ2v) is 6.61. The summed E-state index contributed by atoms with van der Waals surface area (Å²) in [7, 11) is 0. The van der Waals surface area contributed by atoms with E-state index in [1.54, 1.807) is 24.0 Å². The van der Waals surface area contributed by atoms with E-state index < -0.39 is 6.10 Å². The normalized spacial score (nSPS) is 25.3. The molecule has 1 aromatic carbocycles. The van der Waals surface area contributed by atoms with Gasteiger partial charge in [-0.1, -0.05) is 12.1 Å². The van der Waals surface area contributed by atoms with Crippen molar-refractivity contribution < 1.29 is 19.0 Å². The minimum atomic E-state index is -0.590. The maximum Gasteiger partial charge on any atom is 0.264 e. The summed E-state index contributed by atoms with van der Waals surface area (Å²) in [6.45, 7) is 2.64. The Morgan fingerprint density at radius 3 is 3.05 bits per heavy atom. The summed E-state index contributed by atoms with van der Waals surface area (Å²) < 4.78 is 18.9. The molecule has 0 radical (unpaired) electrons. The van der Waals surface area contributed by atoms with E-state index in [1.807, 2.05) is 0 Å². The van der Waals surface area contributed by atoms with E-state index in [0.717, 1.165) is 5.75 Å². The fourth-order valence-electron chi connectivity index (χ4n) is 2.92. The molecule has 1 saturated heterocycles. The van der Waals surface area contributed by atoms with Crippen LogP contribution in [-0.2, 0) is 9.53 Å². The number of β-amino-alcohol motifs (C(OH)–C–C–N with tert-alkyl or cyclic N) is 1. The molecular weight excluding hydrogens is 305 g/mol. The second kappa shape index (κ2) is 6.30. The van der Waals surface area contributed by atoms with Gasteiger partial charge in [-0.15, -0.1) is 11.8 Å². The van der Waals surface area contributed by atoms with Gasteiger partial charge in [0.15, 0.2) is 0 Å². The van der Waals surface area contributed by atoms with Gasteiger partial charge in [0, 0.05) is 12.3 Å². The average Bonchev–Trinajstić information content (AvgIpc) is 2.89. The Morgan fingerprint density at radius 1 is 1.50 bits per heavy atom. The van der Waals surface area contributed by atoms with Crippen LogP contribution >= 0.6 is 11.8 Å². The lowest BCUT2D eigenvalue weighted by atomic mass is 10.0. The summed E-state index contributed by atoms with van der Waals surface area (Å²) in [6, 6.07) is 5.91. The van der Waals surface area contributed by atoms with Gasteiger partial charge in [0.25, 0.3) is 5.91 Å². The van der Waals surface area contributed by atoms with E-state index in [9.17, 15) is 14.3 Å². The highest BCUT2D eigenvalue weighted by atomic mass is 32.2. The van der Waals surface area contributed by atoms with Gasteiger partial charge in [-0.3, -0.25) is 4.79 Å². The van der Waals surface area contributed by atoms with Crippen molar-refractivity contribution in [3.05, 3.63) is 46.3 Å². The number of nitrogens with zero attached hydrogens (tertiary/aromatic N) is 1. The molecule has 2 atom stereocenters. The monoisotopic (exact) mass is 323 g/mol. The van der Waals surface area contributed by atoms with E-state index in [4.69, 9.17) is 4.74 Å². The maximum atomic E-state index is 13.5. The van der Waals surface area contributed by atoms with Crippen molar-refractivity contribution in [3.63, 3.8) is 0 Å². The van der Waals surface area contributed by atoms with Crippen molar-refractivity contribution in [2.45, 2.75) is 25.5 Å². The Bertz CT molecular complexity index is 619. The van der Waals surface area contributed by atoms with Crippen LogP contribution in [0.1, 0.15) is 24.9 Å². The van der Waals surface area contributed by atoms with Crippen molar-refractivity contribution in [1.82, 2.24) is 4.90 Å².